The molecule has 2 N–H and O–H groups in total. The van der Waals surface area contributed by atoms with Gasteiger partial charge in [0.25, 0.3) is 0 Å². The van der Waals surface area contributed by atoms with Crippen LogP contribution in [0.5, 0.6) is 5.75 Å². The molecule has 1 aliphatic heterocycles. The fraction of sp³-hybridized carbons (Fsp3) is 0.571. The zero-order valence-electron chi connectivity index (χ0n) is 11.0. The van der Waals surface area contributed by atoms with Gasteiger partial charge in [0.05, 0.1) is 10.6 Å². The second-order valence-electron chi connectivity index (χ2n) is 4.77. The smallest absolute Gasteiger partial charge is 0.133 e. The van der Waals surface area contributed by atoms with Gasteiger partial charge in [0.15, 0.2) is 0 Å². The Morgan fingerprint density at radius 1 is 1.53 bits per heavy atom. The van der Waals surface area contributed by atoms with Gasteiger partial charge in [-0.15, -0.1) is 0 Å². The summed E-state index contributed by atoms with van der Waals surface area (Å²) < 4.78 is 11.9. The van der Waals surface area contributed by atoms with Gasteiger partial charge >= 0.3 is 0 Å². The predicted octanol–water partition coefficient (Wildman–Crippen LogP) is 1.96. The summed E-state index contributed by atoms with van der Waals surface area (Å²) in [7, 11) is 0. The lowest BCUT2D eigenvalue weighted by Gasteiger charge is -2.19. The summed E-state index contributed by atoms with van der Waals surface area (Å²) in [6, 6.07) is 7.95. The third-order valence-electron chi connectivity index (χ3n) is 3.26. The van der Waals surface area contributed by atoms with Crippen LogP contribution in [0.2, 0.25) is 0 Å². The third kappa shape index (κ3) is 4.45. The fourth-order valence-electron chi connectivity index (χ4n) is 2.09. The summed E-state index contributed by atoms with van der Waals surface area (Å²) in [5.74, 6) is 0.749. The molecule has 106 valence electrons. The van der Waals surface area contributed by atoms with E-state index in [0.29, 0.717) is 12.6 Å². The fourth-order valence-corrected chi connectivity index (χ4v) is 2.49. The number of benzene rings is 1. The minimum atomic E-state index is -0.528. The van der Waals surface area contributed by atoms with E-state index in [-0.39, 0.29) is 12.7 Å². The second-order valence-corrected chi connectivity index (χ2v) is 5.63. The summed E-state index contributed by atoms with van der Waals surface area (Å²) in [6.07, 6.45) is 0.690. The van der Waals surface area contributed by atoms with Crippen molar-refractivity contribution < 1.29 is 14.6 Å². The summed E-state index contributed by atoms with van der Waals surface area (Å²) in [4.78, 5) is 0. The molecule has 0 aliphatic carbocycles. The lowest BCUT2D eigenvalue weighted by atomic mass is 10.1. The molecule has 4 nitrogen and oxygen atoms in total. The lowest BCUT2D eigenvalue weighted by molar-refractivity contribution is 0.0895. The number of aliphatic hydroxyl groups excluding tert-OH is 1. The monoisotopic (exact) mass is 329 g/mol. The molecule has 1 aromatic carbocycles. The number of para-hydroxylation sites is 1. The zero-order chi connectivity index (χ0) is 13.7. The highest BCUT2D eigenvalue weighted by Gasteiger charge is 2.24. The Balaban J connectivity index is 1.70. The molecule has 1 heterocycles. The van der Waals surface area contributed by atoms with Gasteiger partial charge in [-0.2, -0.15) is 0 Å². The molecule has 1 saturated heterocycles. The van der Waals surface area contributed by atoms with Gasteiger partial charge in [-0.25, -0.2) is 0 Å². The Morgan fingerprint density at radius 2 is 2.32 bits per heavy atom. The number of hydrogen-bond acceptors (Lipinski definition) is 4. The van der Waals surface area contributed by atoms with Crippen molar-refractivity contribution in [1.82, 2.24) is 5.32 Å². The average Bonchev–Trinajstić information content (AvgIpc) is 2.81. The van der Waals surface area contributed by atoms with E-state index >= 15 is 0 Å². The molecule has 19 heavy (non-hydrogen) atoms. The molecular weight excluding hydrogens is 310 g/mol. The van der Waals surface area contributed by atoms with Crippen LogP contribution in [-0.4, -0.2) is 43.1 Å². The van der Waals surface area contributed by atoms with E-state index in [0.717, 1.165) is 23.2 Å². The van der Waals surface area contributed by atoms with Crippen molar-refractivity contribution >= 4 is 15.9 Å². The van der Waals surface area contributed by atoms with E-state index in [1.165, 1.54) is 0 Å². The van der Waals surface area contributed by atoms with Gasteiger partial charge in [0.2, 0.25) is 0 Å². The van der Waals surface area contributed by atoms with E-state index in [1.807, 2.05) is 24.3 Å². The average molecular weight is 330 g/mol. The number of ether oxygens (including phenoxy) is 2. The Bertz CT molecular complexity index is 402. The van der Waals surface area contributed by atoms with E-state index in [9.17, 15) is 5.11 Å². The summed E-state index contributed by atoms with van der Waals surface area (Å²) in [5.41, 5.74) is 0. The molecule has 0 saturated carbocycles. The maximum Gasteiger partial charge on any atom is 0.133 e. The first kappa shape index (κ1) is 14.8. The molecule has 2 rings (SSSR count). The Hall–Kier alpha value is -0.620. The Kier molecular flexibility index (Phi) is 5.63. The van der Waals surface area contributed by atoms with Crippen molar-refractivity contribution in [1.29, 1.82) is 0 Å². The van der Waals surface area contributed by atoms with Crippen molar-refractivity contribution in [2.45, 2.75) is 31.6 Å². The number of halogens is 1. The minimum Gasteiger partial charge on any atom is -0.490 e. The van der Waals surface area contributed by atoms with Crippen LogP contribution in [0.25, 0.3) is 0 Å². The SMILES string of the molecule is C[C@@H]1OCC[C@@H]1NC[C@@H](O)COc1ccccc1Br. The van der Waals surface area contributed by atoms with Crippen molar-refractivity contribution in [3.8, 4) is 5.75 Å². The second kappa shape index (κ2) is 7.24. The van der Waals surface area contributed by atoms with Gasteiger partial charge in [-0.1, -0.05) is 12.1 Å². The number of nitrogens with one attached hydrogen (secondary N) is 1. The van der Waals surface area contributed by atoms with E-state index < -0.39 is 6.10 Å². The van der Waals surface area contributed by atoms with Crippen LogP contribution in [0.4, 0.5) is 0 Å². The summed E-state index contributed by atoms with van der Waals surface area (Å²) in [6.45, 7) is 3.64. The maximum absolute atomic E-state index is 9.90. The molecule has 1 aliphatic rings. The minimum absolute atomic E-state index is 0.219. The van der Waals surface area contributed by atoms with Crippen molar-refractivity contribution in [3.63, 3.8) is 0 Å². The molecule has 1 aromatic rings. The van der Waals surface area contributed by atoms with Crippen LogP contribution in [0.3, 0.4) is 0 Å². The molecular formula is C14H20BrNO3. The zero-order valence-corrected chi connectivity index (χ0v) is 12.6. The van der Waals surface area contributed by atoms with E-state index in [4.69, 9.17) is 9.47 Å². The van der Waals surface area contributed by atoms with Crippen molar-refractivity contribution in [3.05, 3.63) is 28.7 Å². The quantitative estimate of drug-likeness (QED) is 0.837. The topological polar surface area (TPSA) is 50.7 Å². The Morgan fingerprint density at radius 3 is 3.00 bits per heavy atom. The molecule has 1 fully saturated rings. The molecule has 0 radical (unpaired) electrons. The predicted molar refractivity (Wildman–Crippen MR) is 77.5 cm³/mol. The van der Waals surface area contributed by atoms with Gasteiger partial charge in [0, 0.05) is 19.2 Å². The number of rotatable bonds is 6. The van der Waals surface area contributed by atoms with Gasteiger partial charge < -0.3 is 19.9 Å². The Labute approximate surface area is 122 Å². The molecule has 0 unspecified atom stereocenters. The normalized spacial score (nSPS) is 24.4. The van der Waals surface area contributed by atoms with Crippen LogP contribution in [-0.2, 0) is 4.74 Å². The molecule has 0 aromatic heterocycles. The molecule has 0 bridgehead atoms. The summed E-state index contributed by atoms with van der Waals surface area (Å²) >= 11 is 3.41. The van der Waals surface area contributed by atoms with E-state index in [1.54, 1.807) is 0 Å². The van der Waals surface area contributed by atoms with Crippen molar-refractivity contribution in [2.24, 2.45) is 0 Å². The standard InChI is InChI=1S/C14H20BrNO3/c1-10-13(6-7-18-10)16-8-11(17)9-19-14-5-3-2-4-12(14)15/h2-5,10-11,13,16-17H,6-9H2,1H3/t10-,11+,13-/m0/s1. The van der Waals surface area contributed by atoms with Crippen molar-refractivity contribution in [2.75, 3.05) is 19.8 Å². The van der Waals surface area contributed by atoms with Gasteiger partial charge in [-0.3, -0.25) is 0 Å². The molecule has 0 spiro atoms. The van der Waals surface area contributed by atoms with Gasteiger partial charge in [-0.05, 0) is 41.4 Å². The first-order valence-electron chi connectivity index (χ1n) is 6.57. The molecule has 5 heteroatoms. The van der Waals surface area contributed by atoms with Crippen LogP contribution >= 0.6 is 15.9 Å². The highest BCUT2D eigenvalue weighted by molar-refractivity contribution is 9.10. The maximum atomic E-state index is 9.90. The first-order chi connectivity index (χ1) is 9.16. The number of hydrogen-bond donors (Lipinski definition) is 2. The van der Waals surface area contributed by atoms with Crippen LogP contribution in [0.15, 0.2) is 28.7 Å². The van der Waals surface area contributed by atoms with Crippen LogP contribution in [0, 0.1) is 0 Å². The van der Waals surface area contributed by atoms with E-state index in [2.05, 4.69) is 28.2 Å². The van der Waals surface area contributed by atoms with Crippen LogP contribution < -0.4 is 10.1 Å². The largest absolute Gasteiger partial charge is 0.490 e. The highest BCUT2D eigenvalue weighted by Crippen LogP contribution is 2.23. The van der Waals surface area contributed by atoms with Crippen LogP contribution in [0.1, 0.15) is 13.3 Å². The summed E-state index contributed by atoms with van der Waals surface area (Å²) in [5, 5.41) is 13.2. The first-order valence-corrected chi connectivity index (χ1v) is 7.36. The number of aliphatic hydroxyl groups is 1. The third-order valence-corrected chi connectivity index (χ3v) is 3.91. The molecule has 0 amide bonds. The lowest BCUT2D eigenvalue weighted by Crippen LogP contribution is -2.41. The molecule has 3 atom stereocenters. The highest BCUT2D eigenvalue weighted by atomic mass is 79.9. The van der Waals surface area contributed by atoms with Gasteiger partial charge in [0.1, 0.15) is 18.5 Å².